The van der Waals surface area contributed by atoms with Crippen LogP contribution in [-0.4, -0.2) is 26.1 Å². The molecule has 0 bridgehead atoms. The van der Waals surface area contributed by atoms with Crippen LogP contribution in [0.5, 0.6) is 5.75 Å². The fraction of sp³-hybridized carbons (Fsp3) is 0.176. The van der Waals surface area contributed by atoms with Gasteiger partial charge in [0.2, 0.25) is 0 Å². The van der Waals surface area contributed by atoms with Crippen LogP contribution in [0.25, 0.3) is 0 Å². The van der Waals surface area contributed by atoms with E-state index in [-0.39, 0.29) is 0 Å². The van der Waals surface area contributed by atoms with Crippen LogP contribution < -0.4 is 10.1 Å². The van der Waals surface area contributed by atoms with Gasteiger partial charge in [-0.05, 0) is 17.7 Å². The number of ether oxygens (including phenoxy) is 2. The van der Waals surface area contributed by atoms with Crippen LogP contribution >= 0.6 is 0 Å². The number of carbonyl (C=O) groups is 2. The minimum Gasteiger partial charge on any atom is -0.496 e. The smallest absolute Gasteiger partial charge is 0.333 e. The summed E-state index contributed by atoms with van der Waals surface area (Å²) in [6, 6.07) is 14.9. The summed E-state index contributed by atoms with van der Waals surface area (Å²) in [6.45, 7) is 0. The van der Waals surface area contributed by atoms with E-state index in [9.17, 15) is 9.59 Å². The molecule has 1 amide bonds. The summed E-state index contributed by atoms with van der Waals surface area (Å²) in [5.74, 6) is -0.497. The fourth-order valence-corrected chi connectivity index (χ4v) is 2.08. The molecule has 1 atom stereocenters. The SMILES string of the molecule is COC(=O)[C@H](NC(=O)c1ccccc1OC)c1ccccc1. The quantitative estimate of drug-likeness (QED) is 0.861. The van der Waals surface area contributed by atoms with E-state index < -0.39 is 17.9 Å². The predicted molar refractivity (Wildman–Crippen MR) is 81.7 cm³/mol. The summed E-state index contributed by atoms with van der Waals surface area (Å²) in [5, 5.41) is 2.68. The summed E-state index contributed by atoms with van der Waals surface area (Å²) in [5.41, 5.74) is 1.01. The van der Waals surface area contributed by atoms with Gasteiger partial charge in [-0.25, -0.2) is 4.79 Å². The van der Waals surface area contributed by atoms with Gasteiger partial charge in [0, 0.05) is 0 Å². The molecule has 2 aromatic carbocycles. The van der Waals surface area contributed by atoms with Crippen molar-refractivity contribution in [3.05, 3.63) is 65.7 Å². The van der Waals surface area contributed by atoms with Gasteiger partial charge in [0.15, 0.2) is 6.04 Å². The number of nitrogens with one attached hydrogen (secondary N) is 1. The van der Waals surface area contributed by atoms with Crippen molar-refractivity contribution in [3.63, 3.8) is 0 Å². The zero-order valence-corrected chi connectivity index (χ0v) is 12.4. The molecule has 5 heteroatoms. The van der Waals surface area contributed by atoms with Gasteiger partial charge in [-0.15, -0.1) is 0 Å². The lowest BCUT2D eigenvalue weighted by atomic mass is 10.1. The Morgan fingerprint density at radius 2 is 1.59 bits per heavy atom. The van der Waals surface area contributed by atoms with Crippen LogP contribution in [0.15, 0.2) is 54.6 Å². The number of amides is 1. The number of methoxy groups -OCH3 is 2. The largest absolute Gasteiger partial charge is 0.496 e. The average Bonchev–Trinajstić information content (AvgIpc) is 2.59. The van der Waals surface area contributed by atoms with Gasteiger partial charge < -0.3 is 14.8 Å². The van der Waals surface area contributed by atoms with E-state index in [4.69, 9.17) is 9.47 Å². The highest BCUT2D eigenvalue weighted by Crippen LogP contribution is 2.20. The highest BCUT2D eigenvalue weighted by molar-refractivity contribution is 5.99. The first kappa shape index (κ1) is 15.6. The maximum atomic E-state index is 12.4. The molecule has 0 spiro atoms. The molecule has 2 aromatic rings. The minimum absolute atomic E-state index is 0.356. The topological polar surface area (TPSA) is 64.6 Å². The second kappa shape index (κ2) is 7.26. The van der Waals surface area contributed by atoms with Crippen molar-refractivity contribution >= 4 is 11.9 Å². The molecule has 0 aliphatic rings. The number of hydrogen-bond donors (Lipinski definition) is 1. The van der Waals surface area contributed by atoms with Gasteiger partial charge in [-0.3, -0.25) is 4.79 Å². The molecule has 0 saturated heterocycles. The number of esters is 1. The van der Waals surface area contributed by atoms with E-state index in [1.165, 1.54) is 14.2 Å². The first-order valence-electron chi connectivity index (χ1n) is 6.74. The maximum Gasteiger partial charge on any atom is 0.333 e. The van der Waals surface area contributed by atoms with E-state index in [1.54, 1.807) is 48.5 Å². The van der Waals surface area contributed by atoms with E-state index in [2.05, 4.69) is 5.32 Å². The second-order valence-electron chi connectivity index (χ2n) is 4.54. The number of hydrogen-bond acceptors (Lipinski definition) is 4. The summed E-state index contributed by atoms with van der Waals surface area (Å²) in [4.78, 5) is 24.4. The van der Waals surface area contributed by atoms with Crippen LogP contribution in [0.1, 0.15) is 22.0 Å². The number of carbonyl (C=O) groups excluding carboxylic acids is 2. The first-order chi connectivity index (χ1) is 10.7. The molecule has 5 nitrogen and oxygen atoms in total. The predicted octanol–water partition coefficient (Wildman–Crippen LogP) is 2.34. The Morgan fingerprint density at radius 3 is 2.23 bits per heavy atom. The lowest BCUT2D eigenvalue weighted by Gasteiger charge is -2.17. The molecule has 0 heterocycles. The zero-order valence-electron chi connectivity index (χ0n) is 12.4. The zero-order chi connectivity index (χ0) is 15.9. The standard InChI is InChI=1S/C17H17NO4/c1-21-14-11-7-6-10-13(14)16(19)18-15(17(20)22-2)12-8-4-3-5-9-12/h3-11,15H,1-2H3,(H,18,19)/t15-/m1/s1. The van der Waals surface area contributed by atoms with E-state index in [0.717, 1.165) is 0 Å². The van der Waals surface area contributed by atoms with Gasteiger partial charge in [0.1, 0.15) is 5.75 Å². The third-order valence-electron chi connectivity index (χ3n) is 3.20. The second-order valence-corrected chi connectivity index (χ2v) is 4.54. The summed E-state index contributed by atoms with van der Waals surface area (Å²) < 4.78 is 9.94. The molecule has 0 radical (unpaired) electrons. The van der Waals surface area contributed by atoms with Crippen molar-refractivity contribution in [2.45, 2.75) is 6.04 Å². The van der Waals surface area contributed by atoms with Crippen molar-refractivity contribution in [3.8, 4) is 5.75 Å². The van der Waals surface area contributed by atoms with Crippen LogP contribution in [0.4, 0.5) is 0 Å². The number of para-hydroxylation sites is 1. The van der Waals surface area contributed by atoms with Gasteiger partial charge in [-0.2, -0.15) is 0 Å². The van der Waals surface area contributed by atoms with Crippen molar-refractivity contribution in [2.24, 2.45) is 0 Å². The van der Waals surface area contributed by atoms with Crippen molar-refractivity contribution in [2.75, 3.05) is 14.2 Å². The van der Waals surface area contributed by atoms with Gasteiger partial charge in [0.05, 0.1) is 19.8 Å². The highest BCUT2D eigenvalue weighted by atomic mass is 16.5. The monoisotopic (exact) mass is 299 g/mol. The van der Waals surface area contributed by atoms with E-state index in [1.807, 2.05) is 6.07 Å². The highest BCUT2D eigenvalue weighted by Gasteiger charge is 2.25. The lowest BCUT2D eigenvalue weighted by Crippen LogP contribution is -2.34. The molecule has 0 unspecified atom stereocenters. The van der Waals surface area contributed by atoms with Crippen LogP contribution in [0.3, 0.4) is 0 Å². The Balaban J connectivity index is 2.27. The summed E-state index contributed by atoms with van der Waals surface area (Å²) >= 11 is 0. The molecule has 0 fully saturated rings. The number of rotatable bonds is 5. The molecule has 114 valence electrons. The van der Waals surface area contributed by atoms with Crippen LogP contribution in [0.2, 0.25) is 0 Å². The van der Waals surface area contributed by atoms with Gasteiger partial charge in [0.25, 0.3) is 5.91 Å². The van der Waals surface area contributed by atoms with Gasteiger partial charge in [-0.1, -0.05) is 42.5 Å². The summed E-state index contributed by atoms with van der Waals surface area (Å²) in [6.07, 6.45) is 0. The molecule has 2 rings (SSSR count). The van der Waals surface area contributed by atoms with Crippen LogP contribution in [-0.2, 0) is 9.53 Å². The van der Waals surface area contributed by atoms with Gasteiger partial charge >= 0.3 is 5.97 Å². The van der Waals surface area contributed by atoms with E-state index >= 15 is 0 Å². The molecule has 1 N–H and O–H groups in total. The van der Waals surface area contributed by atoms with Crippen LogP contribution in [0, 0.1) is 0 Å². The Hall–Kier alpha value is -2.82. The van der Waals surface area contributed by atoms with Crippen molar-refractivity contribution < 1.29 is 19.1 Å². The maximum absolute atomic E-state index is 12.4. The summed E-state index contributed by atoms with van der Waals surface area (Å²) in [7, 11) is 2.77. The lowest BCUT2D eigenvalue weighted by molar-refractivity contribution is -0.143. The first-order valence-corrected chi connectivity index (χ1v) is 6.74. The molecular weight excluding hydrogens is 282 g/mol. The normalized spacial score (nSPS) is 11.4. The third-order valence-corrected chi connectivity index (χ3v) is 3.20. The average molecular weight is 299 g/mol. The van der Waals surface area contributed by atoms with Crippen molar-refractivity contribution in [1.29, 1.82) is 0 Å². The third kappa shape index (κ3) is 3.44. The van der Waals surface area contributed by atoms with Crippen molar-refractivity contribution in [1.82, 2.24) is 5.32 Å². The number of benzene rings is 2. The fourth-order valence-electron chi connectivity index (χ4n) is 2.08. The molecule has 0 aromatic heterocycles. The Bertz CT molecular complexity index is 655. The van der Waals surface area contributed by atoms with E-state index in [0.29, 0.717) is 16.9 Å². The molecule has 0 aliphatic carbocycles. The molecule has 0 aliphatic heterocycles. The Kier molecular flexibility index (Phi) is 5.14. The Labute approximate surface area is 128 Å². The molecular formula is C17H17NO4. The molecule has 22 heavy (non-hydrogen) atoms. The molecule has 0 saturated carbocycles. The minimum atomic E-state index is -0.872. The Morgan fingerprint density at radius 1 is 0.955 bits per heavy atom.